The number of allylic oxidation sites excluding steroid dienone is 4. The number of hydrogen-bond acceptors (Lipinski definition) is 4. The predicted octanol–water partition coefficient (Wildman–Crippen LogP) is 3.68. The molecule has 0 saturated heterocycles. The summed E-state index contributed by atoms with van der Waals surface area (Å²) >= 11 is 0. The van der Waals surface area contributed by atoms with E-state index >= 15 is 0 Å². The minimum atomic E-state index is -0.959. The summed E-state index contributed by atoms with van der Waals surface area (Å²) in [6.45, 7) is 4.88. The van der Waals surface area contributed by atoms with Crippen molar-refractivity contribution in [2.75, 3.05) is 0 Å². The van der Waals surface area contributed by atoms with E-state index in [1.165, 1.54) is 0 Å². The van der Waals surface area contributed by atoms with Crippen molar-refractivity contribution < 1.29 is 8.78 Å². The van der Waals surface area contributed by atoms with E-state index in [0.29, 0.717) is 11.4 Å². The molecule has 120 valence electrons. The van der Waals surface area contributed by atoms with Crippen LogP contribution in [0.2, 0.25) is 0 Å². The number of nitrogens with one attached hydrogen (secondary N) is 1. The fraction of sp³-hybridized carbons (Fsp3) is 0.278. The number of nitrogens with zero attached hydrogens (tertiary/aromatic N) is 3. The molecule has 0 saturated carbocycles. The second-order valence-electron chi connectivity index (χ2n) is 5.44. The summed E-state index contributed by atoms with van der Waals surface area (Å²) in [4.78, 5) is 0. The first kappa shape index (κ1) is 17.2. The van der Waals surface area contributed by atoms with Crippen LogP contribution in [0.5, 0.6) is 0 Å². The molecule has 0 bridgehead atoms. The molecule has 1 aliphatic rings. The zero-order valence-corrected chi connectivity index (χ0v) is 13.5. The largest absolute Gasteiger partial charge is 0.361 e. The summed E-state index contributed by atoms with van der Waals surface area (Å²) in [5, 5.41) is 30.9. The van der Waals surface area contributed by atoms with Gasteiger partial charge in [0.25, 0.3) is 0 Å². The molecule has 1 aliphatic heterocycles. The average Bonchev–Trinajstić information content (AvgIpc) is 2.55. The highest BCUT2D eigenvalue weighted by Crippen LogP contribution is 2.40. The van der Waals surface area contributed by atoms with Gasteiger partial charge in [-0.15, -0.1) is 0 Å². The fourth-order valence-electron chi connectivity index (χ4n) is 2.92. The Labute approximate surface area is 138 Å². The number of hydrogen-bond donors (Lipinski definition) is 1. The molecule has 0 aromatic heterocycles. The Morgan fingerprint density at radius 3 is 1.96 bits per heavy atom. The average molecular weight is 324 g/mol. The molecule has 24 heavy (non-hydrogen) atoms. The lowest BCUT2D eigenvalue weighted by Gasteiger charge is -2.27. The van der Waals surface area contributed by atoms with Gasteiger partial charge in [0.1, 0.15) is 17.7 Å². The lowest BCUT2D eigenvalue weighted by molar-refractivity contribution is 0.543. The van der Waals surface area contributed by atoms with Crippen LogP contribution in [-0.4, -0.2) is 0 Å². The van der Waals surface area contributed by atoms with Crippen molar-refractivity contribution in [3.63, 3.8) is 0 Å². The maximum Gasteiger partial charge on any atom is 0.147 e. The van der Waals surface area contributed by atoms with Crippen molar-refractivity contribution in [1.29, 1.82) is 15.8 Å². The van der Waals surface area contributed by atoms with E-state index in [1.54, 1.807) is 26.8 Å². The third-order valence-electron chi connectivity index (χ3n) is 4.11. The van der Waals surface area contributed by atoms with E-state index < -0.39 is 17.6 Å². The van der Waals surface area contributed by atoms with E-state index in [9.17, 15) is 19.3 Å². The van der Waals surface area contributed by atoms with Crippen LogP contribution < -0.4 is 5.32 Å². The minimum Gasteiger partial charge on any atom is -0.361 e. The molecule has 1 aromatic carbocycles. The van der Waals surface area contributed by atoms with Gasteiger partial charge >= 0.3 is 0 Å². The zero-order valence-electron chi connectivity index (χ0n) is 13.5. The molecule has 6 heteroatoms. The Bertz CT molecular complexity index is 869. The van der Waals surface area contributed by atoms with Crippen LogP contribution in [0, 0.1) is 45.6 Å². The Kier molecular flexibility index (Phi) is 4.67. The molecular weight excluding hydrogens is 310 g/mol. The number of nitriles is 3. The van der Waals surface area contributed by atoms with Crippen molar-refractivity contribution in [1.82, 2.24) is 5.32 Å². The quantitative estimate of drug-likeness (QED) is 0.899. The maximum atomic E-state index is 14.9. The SMILES string of the molecule is CCc1c(F)c(C#N)cc(C2C(C#N)=C(C)NC(C)=C2C#N)c1F. The molecule has 0 amide bonds. The first-order chi connectivity index (χ1) is 11.4. The van der Waals surface area contributed by atoms with Gasteiger partial charge in [0.2, 0.25) is 0 Å². The molecule has 1 heterocycles. The lowest BCUT2D eigenvalue weighted by atomic mass is 9.80. The molecule has 1 N–H and O–H groups in total. The van der Waals surface area contributed by atoms with Crippen molar-refractivity contribution in [3.8, 4) is 18.2 Å². The topological polar surface area (TPSA) is 83.4 Å². The first-order valence-corrected chi connectivity index (χ1v) is 7.30. The van der Waals surface area contributed by atoms with Crippen LogP contribution in [0.1, 0.15) is 43.4 Å². The summed E-state index contributed by atoms with van der Waals surface area (Å²) in [5.74, 6) is -2.67. The molecule has 2 rings (SSSR count). The van der Waals surface area contributed by atoms with Gasteiger partial charge in [-0.2, -0.15) is 15.8 Å². The Morgan fingerprint density at radius 1 is 1.00 bits per heavy atom. The van der Waals surface area contributed by atoms with Gasteiger partial charge in [-0.3, -0.25) is 0 Å². The monoisotopic (exact) mass is 324 g/mol. The Hall–Kier alpha value is -3.17. The van der Waals surface area contributed by atoms with Crippen molar-refractivity contribution in [2.24, 2.45) is 0 Å². The van der Waals surface area contributed by atoms with Crippen LogP contribution in [0.4, 0.5) is 8.78 Å². The molecule has 0 unspecified atom stereocenters. The molecule has 0 spiro atoms. The lowest BCUT2D eigenvalue weighted by Crippen LogP contribution is -2.24. The predicted molar refractivity (Wildman–Crippen MR) is 83.0 cm³/mol. The van der Waals surface area contributed by atoms with E-state index in [4.69, 9.17) is 5.26 Å². The number of dihydropyridines is 1. The summed E-state index contributed by atoms with van der Waals surface area (Å²) in [5.41, 5.74) is 0.804. The van der Waals surface area contributed by atoms with Gasteiger partial charge < -0.3 is 5.32 Å². The fourth-order valence-corrected chi connectivity index (χ4v) is 2.92. The molecule has 1 aromatic rings. The number of halogens is 2. The summed E-state index contributed by atoms with van der Waals surface area (Å²) in [7, 11) is 0. The highest BCUT2D eigenvalue weighted by molar-refractivity contribution is 5.57. The van der Waals surface area contributed by atoms with Gasteiger partial charge in [-0.25, -0.2) is 8.78 Å². The Balaban J connectivity index is 2.87. The molecular formula is C18H14F2N4. The normalized spacial score (nSPS) is 14.8. The van der Waals surface area contributed by atoms with Crippen LogP contribution in [0.15, 0.2) is 28.6 Å². The zero-order chi connectivity index (χ0) is 18.0. The van der Waals surface area contributed by atoms with E-state index in [0.717, 1.165) is 6.07 Å². The third kappa shape index (κ3) is 2.51. The second kappa shape index (κ2) is 6.52. The molecule has 0 atom stereocenters. The van der Waals surface area contributed by atoms with Gasteiger partial charge in [-0.05, 0) is 26.3 Å². The van der Waals surface area contributed by atoms with Gasteiger partial charge in [0.15, 0.2) is 0 Å². The highest BCUT2D eigenvalue weighted by atomic mass is 19.1. The van der Waals surface area contributed by atoms with Crippen LogP contribution >= 0.6 is 0 Å². The van der Waals surface area contributed by atoms with E-state index in [2.05, 4.69) is 5.32 Å². The third-order valence-corrected chi connectivity index (χ3v) is 4.11. The van der Waals surface area contributed by atoms with E-state index in [1.807, 2.05) is 12.1 Å². The molecule has 4 nitrogen and oxygen atoms in total. The highest BCUT2D eigenvalue weighted by Gasteiger charge is 2.33. The van der Waals surface area contributed by atoms with Gasteiger partial charge in [0.05, 0.1) is 34.8 Å². The van der Waals surface area contributed by atoms with Crippen LogP contribution in [0.25, 0.3) is 0 Å². The van der Waals surface area contributed by atoms with Crippen molar-refractivity contribution in [3.05, 3.63) is 56.9 Å². The van der Waals surface area contributed by atoms with E-state index in [-0.39, 0.29) is 34.3 Å². The molecule has 0 aliphatic carbocycles. The first-order valence-electron chi connectivity index (χ1n) is 7.30. The minimum absolute atomic E-state index is 0.0295. The Morgan fingerprint density at radius 2 is 1.54 bits per heavy atom. The summed E-state index contributed by atoms with van der Waals surface area (Å²) in [6, 6.07) is 6.79. The van der Waals surface area contributed by atoms with Crippen molar-refractivity contribution >= 4 is 0 Å². The standard InChI is InChI=1S/C18H14F2N4/c1-4-12-17(19)11(6-21)5-13(18(12)20)16-14(7-22)9(2)24-10(3)15(16)8-23/h5,16,24H,4H2,1-3H3. The maximum absolute atomic E-state index is 14.9. The van der Waals surface area contributed by atoms with Crippen LogP contribution in [0.3, 0.4) is 0 Å². The smallest absolute Gasteiger partial charge is 0.147 e. The van der Waals surface area contributed by atoms with Crippen molar-refractivity contribution in [2.45, 2.75) is 33.1 Å². The number of benzene rings is 1. The second-order valence-corrected chi connectivity index (χ2v) is 5.44. The van der Waals surface area contributed by atoms with Crippen LogP contribution in [-0.2, 0) is 6.42 Å². The van der Waals surface area contributed by atoms with Gasteiger partial charge in [0, 0.05) is 22.5 Å². The molecule has 0 radical (unpaired) electrons. The summed E-state index contributed by atoms with van der Waals surface area (Å²) < 4.78 is 29.0. The molecule has 0 fully saturated rings. The summed E-state index contributed by atoms with van der Waals surface area (Å²) in [6.07, 6.45) is 0.0559. The number of rotatable bonds is 2. The van der Waals surface area contributed by atoms with Gasteiger partial charge in [-0.1, -0.05) is 6.92 Å².